The Morgan fingerprint density at radius 2 is 1.93 bits per heavy atom. The molecular weight excluding hydrogens is 202 g/mol. The Labute approximate surface area is 87.0 Å². The van der Waals surface area contributed by atoms with E-state index in [1.165, 1.54) is 6.92 Å². The first-order chi connectivity index (χ1) is 6.97. The van der Waals surface area contributed by atoms with Crippen LogP contribution in [0.4, 0.5) is 0 Å². The molecule has 5 N–H and O–H groups in total. The summed E-state index contributed by atoms with van der Waals surface area (Å²) in [7, 11) is 0. The predicted octanol–water partition coefficient (Wildman–Crippen LogP) is -4.01. The minimum atomic E-state index is -1.37. The largest absolute Gasteiger partial charge is 0.548 e. The first kappa shape index (κ1) is 13.4. The molecule has 0 saturated heterocycles. The summed E-state index contributed by atoms with van der Waals surface area (Å²) in [6.07, 6.45) is 0.239. The van der Waals surface area contributed by atoms with Crippen molar-refractivity contribution >= 4 is 17.8 Å². The fraction of sp³-hybridized carbons (Fsp3) is 0.625. The first-order valence-electron chi connectivity index (χ1n) is 4.53. The molecule has 0 spiro atoms. The lowest BCUT2D eigenvalue weighted by Gasteiger charge is -2.14. The number of carbonyl (C=O) groups is 3. The third-order valence-electron chi connectivity index (χ3n) is 1.58. The van der Waals surface area contributed by atoms with Crippen LogP contribution in [0.3, 0.4) is 0 Å². The van der Waals surface area contributed by atoms with Crippen LogP contribution in [-0.4, -0.2) is 36.9 Å². The maximum Gasteiger partial charge on any atom is 0.239 e. The first-order valence-corrected chi connectivity index (χ1v) is 4.53. The average Bonchev–Trinajstić information content (AvgIpc) is 2.15. The molecule has 0 unspecified atom stereocenters. The number of carboxylic acid groups (broad SMARTS) is 1. The van der Waals surface area contributed by atoms with Gasteiger partial charge in [0.15, 0.2) is 0 Å². The molecule has 0 aromatic heterocycles. The lowest BCUT2D eigenvalue weighted by Crippen LogP contribution is -2.52. The zero-order chi connectivity index (χ0) is 11.8. The highest BCUT2D eigenvalue weighted by Crippen LogP contribution is 1.78. The van der Waals surface area contributed by atoms with Gasteiger partial charge in [-0.2, -0.15) is 0 Å². The van der Waals surface area contributed by atoms with Crippen LogP contribution in [0, 0.1) is 0 Å². The fourth-order valence-corrected chi connectivity index (χ4v) is 0.779. The molecule has 0 bridgehead atoms. The topological polar surface area (TPSA) is 126 Å². The molecule has 0 aromatic rings. The second-order valence-electron chi connectivity index (χ2n) is 2.99. The number of hydrogen-bond acceptors (Lipinski definition) is 4. The number of hydrogen-bond donors (Lipinski definition) is 3. The van der Waals surface area contributed by atoms with Crippen molar-refractivity contribution in [2.75, 3.05) is 13.1 Å². The fourth-order valence-electron chi connectivity index (χ4n) is 0.779. The highest BCUT2D eigenvalue weighted by molar-refractivity contribution is 5.87. The Hall–Kier alpha value is -1.63. The van der Waals surface area contributed by atoms with Gasteiger partial charge in [-0.1, -0.05) is 0 Å². The van der Waals surface area contributed by atoms with Gasteiger partial charge < -0.3 is 26.3 Å². The number of carbonyl (C=O) groups excluding carboxylic acids is 3. The maximum absolute atomic E-state index is 11.0. The van der Waals surface area contributed by atoms with Crippen molar-refractivity contribution in [2.24, 2.45) is 0 Å². The molecule has 2 amide bonds. The predicted molar refractivity (Wildman–Crippen MR) is 48.0 cm³/mol. The molecule has 0 aliphatic heterocycles. The van der Waals surface area contributed by atoms with Gasteiger partial charge in [0.25, 0.3) is 0 Å². The summed E-state index contributed by atoms with van der Waals surface area (Å²) >= 11 is 0. The van der Waals surface area contributed by atoms with Gasteiger partial charge in [-0.3, -0.25) is 9.59 Å². The van der Waals surface area contributed by atoms with E-state index >= 15 is 0 Å². The number of quaternary nitrogens is 1. The van der Waals surface area contributed by atoms with Crippen molar-refractivity contribution in [3.05, 3.63) is 0 Å². The lowest BCUT2D eigenvalue weighted by atomic mass is 10.3. The van der Waals surface area contributed by atoms with E-state index in [0.717, 1.165) is 0 Å². The van der Waals surface area contributed by atoms with E-state index in [1.807, 2.05) is 0 Å². The molecule has 1 atom stereocenters. The van der Waals surface area contributed by atoms with Gasteiger partial charge in [-0.05, 0) is 6.92 Å². The standard InChI is InChI=1S/C8H15N3O4/c1-5(8(14)15)11-7(13)4-10-6(12)2-3-9/h5H,2-4,9H2,1H3,(H,10,12)(H,11,13)(H,14,15)/t5-/m0/s1. The minimum Gasteiger partial charge on any atom is -0.548 e. The second-order valence-corrected chi connectivity index (χ2v) is 2.99. The monoisotopic (exact) mass is 217 g/mol. The SMILES string of the molecule is C[C@H](NC(=O)CNC(=O)CC[NH3+])C(=O)[O-]. The molecule has 0 radical (unpaired) electrons. The van der Waals surface area contributed by atoms with Crippen LogP contribution in [0.5, 0.6) is 0 Å². The summed E-state index contributed by atoms with van der Waals surface area (Å²) in [4.78, 5) is 32.2. The summed E-state index contributed by atoms with van der Waals surface area (Å²) in [6, 6.07) is -1.07. The normalized spacial score (nSPS) is 11.6. The smallest absolute Gasteiger partial charge is 0.239 e. The minimum absolute atomic E-state index is 0.239. The number of nitrogens with one attached hydrogen (secondary N) is 2. The Bertz CT molecular complexity index is 254. The van der Waals surface area contributed by atoms with Gasteiger partial charge >= 0.3 is 0 Å². The third-order valence-corrected chi connectivity index (χ3v) is 1.58. The highest BCUT2D eigenvalue weighted by Gasteiger charge is 2.09. The van der Waals surface area contributed by atoms with Crippen molar-refractivity contribution in [2.45, 2.75) is 19.4 Å². The summed E-state index contributed by atoms with van der Waals surface area (Å²) in [5.74, 6) is -2.22. The van der Waals surface area contributed by atoms with Crippen molar-refractivity contribution in [3.8, 4) is 0 Å². The van der Waals surface area contributed by atoms with Gasteiger partial charge in [-0.15, -0.1) is 0 Å². The van der Waals surface area contributed by atoms with Gasteiger partial charge in [0.2, 0.25) is 11.8 Å². The van der Waals surface area contributed by atoms with E-state index in [4.69, 9.17) is 0 Å². The van der Waals surface area contributed by atoms with Crippen molar-refractivity contribution in [1.29, 1.82) is 0 Å². The van der Waals surface area contributed by atoms with Crippen LogP contribution in [0.25, 0.3) is 0 Å². The van der Waals surface area contributed by atoms with E-state index in [1.54, 1.807) is 0 Å². The van der Waals surface area contributed by atoms with Crippen LogP contribution in [0.15, 0.2) is 0 Å². The van der Waals surface area contributed by atoms with Crippen molar-refractivity contribution in [3.63, 3.8) is 0 Å². The van der Waals surface area contributed by atoms with Gasteiger partial charge in [0.05, 0.1) is 31.5 Å². The molecule has 86 valence electrons. The molecule has 0 saturated carbocycles. The summed E-state index contributed by atoms with van der Waals surface area (Å²) < 4.78 is 0. The molecule has 0 aliphatic rings. The number of rotatable bonds is 6. The van der Waals surface area contributed by atoms with E-state index in [9.17, 15) is 19.5 Å². The van der Waals surface area contributed by atoms with E-state index < -0.39 is 17.9 Å². The molecule has 0 aromatic carbocycles. The Morgan fingerprint density at radius 1 is 1.33 bits per heavy atom. The Morgan fingerprint density at radius 3 is 2.40 bits per heavy atom. The van der Waals surface area contributed by atoms with E-state index in [2.05, 4.69) is 16.4 Å². The summed E-state index contributed by atoms with van der Waals surface area (Å²) in [5.41, 5.74) is 3.48. The average molecular weight is 217 g/mol. The van der Waals surface area contributed by atoms with Crippen LogP contribution >= 0.6 is 0 Å². The molecule has 0 fully saturated rings. The molecule has 0 heterocycles. The van der Waals surface area contributed by atoms with Crippen LogP contribution in [0.2, 0.25) is 0 Å². The molecule has 7 nitrogen and oxygen atoms in total. The number of aliphatic carboxylic acids is 1. The molecule has 0 rings (SSSR count). The van der Waals surface area contributed by atoms with Gasteiger partial charge in [-0.25, -0.2) is 0 Å². The van der Waals surface area contributed by atoms with Crippen LogP contribution in [-0.2, 0) is 14.4 Å². The molecule has 15 heavy (non-hydrogen) atoms. The number of amides is 2. The zero-order valence-corrected chi connectivity index (χ0v) is 8.54. The molecular formula is C8H15N3O4. The van der Waals surface area contributed by atoms with E-state index in [-0.39, 0.29) is 18.9 Å². The van der Waals surface area contributed by atoms with Gasteiger partial charge in [0, 0.05) is 0 Å². The summed E-state index contributed by atoms with van der Waals surface area (Å²) in [5, 5.41) is 14.7. The van der Waals surface area contributed by atoms with Crippen molar-refractivity contribution in [1.82, 2.24) is 10.6 Å². The third kappa shape index (κ3) is 6.44. The zero-order valence-electron chi connectivity index (χ0n) is 8.54. The lowest BCUT2D eigenvalue weighted by molar-refractivity contribution is -0.366. The quantitative estimate of drug-likeness (QED) is 0.419. The molecule has 0 aliphatic carbocycles. The van der Waals surface area contributed by atoms with Crippen LogP contribution < -0.4 is 21.5 Å². The highest BCUT2D eigenvalue weighted by atomic mass is 16.4. The Balaban J connectivity index is 3.75. The van der Waals surface area contributed by atoms with Crippen molar-refractivity contribution < 1.29 is 25.2 Å². The number of carboxylic acids is 1. The molecule has 7 heteroatoms. The second kappa shape index (κ2) is 6.77. The maximum atomic E-state index is 11.0. The summed E-state index contributed by atoms with van der Waals surface area (Å²) in [6.45, 7) is 1.49. The van der Waals surface area contributed by atoms with Gasteiger partial charge in [0.1, 0.15) is 0 Å². The Kier molecular flexibility index (Phi) is 6.03. The van der Waals surface area contributed by atoms with Crippen LogP contribution in [0.1, 0.15) is 13.3 Å². The van der Waals surface area contributed by atoms with E-state index in [0.29, 0.717) is 6.54 Å².